The lowest BCUT2D eigenvalue weighted by Crippen LogP contribution is -2.16. The molecule has 8 nitrogen and oxygen atoms in total. The number of anilines is 2. The zero-order valence-corrected chi connectivity index (χ0v) is 12.4. The summed E-state index contributed by atoms with van der Waals surface area (Å²) in [5.41, 5.74) is 0.687. The van der Waals surface area contributed by atoms with Gasteiger partial charge in [0.1, 0.15) is 0 Å². The van der Waals surface area contributed by atoms with E-state index in [4.69, 9.17) is 4.74 Å². The molecule has 8 heteroatoms. The van der Waals surface area contributed by atoms with Crippen LogP contribution in [0.1, 0.15) is 24.2 Å². The second-order valence-corrected chi connectivity index (χ2v) is 4.31. The second-order valence-electron chi connectivity index (χ2n) is 4.31. The van der Waals surface area contributed by atoms with Gasteiger partial charge in [0.05, 0.1) is 12.7 Å². The quantitative estimate of drug-likeness (QED) is 0.783. The van der Waals surface area contributed by atoms with Crippen LogP contribution < -0.4 is 10.6 Å². The highest BCUT2D eigenvalue weighted by atomic mass is 16.6. The predicted molar refractivity (Wildman–Crippen MR) is 77.3 cm³/mol. The standard InChI is InChI=1S/C14H16N2O6/c1-8(17)15-11-4-10(5-12(6-11)16-9(2)18)14(20)22-7-13(19)21-3/h4-6H,7H2,1-3H3,(H,15,17)(H,16,18). The summed E-state index contributed by atoms with van der Waals surface area (Å²) in [6.07, 6.45) is 0. The van der Waals surface area contributed by atoms with Crippen LogP contribution in [0.15, 0.2) is 18.2 Å². The van der Waals surface area contributed by atoms with E-state index in [1.807, 2.05) is 0 Å². The minimum atomic E-state index is -0.788. The van der Waals surface area contributed by atoms with E-state index in [2.05, 4.69) is 15.4 Å². The highest BCUT2D eigenvalue weighted by Crippen LogP contribution is 2.20. The van der Waals surface area contributed by atoms with Crippen LogP contribution in [0.5, 0.6) is 0 Å². The number of carbonyl (C=O) groups is 4. The summed E-state index contributed by atoms with van der Waals surface area (Å²) in [7, 11) is 1.17. The minimum Gasteiger partial charge on any atom is -0.466 e. The summed E-state index contributed by atoms with van der Waals surface area (Å²) in [5, 5.41) is 5.00. The average Bonchev–Trinajstić information content (AvgIpc) is 2.42. The normalized spacial score (nSPS) is 9.59. The number of amides is 2. The van der Waals surface area contributed by atoms with Crippen molar-refractivity contribution in [3.05, 3.63) is 23.8 Å². The molecule has 1 aromatic rings. The van der Waals surface area contributed by atoms with Gasteiger partial charge in [-0.05, 0) is 18.2 Å². The van der Waals surface area contributed by atoms with Crippen molar-refractivity contribution < 1.29 is 28.7 Å². The summed E-state index contributed by atoms with van der Waals surface area (Å²) in [5.74, 6) is -2.17. The molecule has 0 aromatic heterocycles. The Morgan fingerprint density at radius 2 is 1.45 bits per heavy atom. The van der Waals surface area contributed by atoms with Gasteiger partial charge in [0.25, 0.3) is 0 Å². The first-order valence-corrected chi connectivity index (χ1v) is 6.26. The topological polar surface area (TPSA) is 111 Å². The summed E-state index contributed by atoms with van der Waals surface area (Å²) in [6, 6.07) is 4.22. The van der Waals surface area contributed by atoms with Crippen molar-refractivity contribution in [1.82, 2.24) is 0 Å². The third-order valence-electron chi connectivity index (χ3n) is 2.36. The van der Waals surface area contributed by atoms with Gasteiger partial charge in [-0.3, -0.25) is 9.59 Å². The monoisotopic (exact) mass is 308 g/mol. The first kappa shape index (κ1) is 17.2. The first-order chi connectivity index (χ1) is 10.3. The molecular formula is C14H16N2O6. The van der Waals surface area contributed by atoms with Crippen molar-refractivity contribution in [3.8, 4) is 0 Å². The number of benzene rings is 1. The predicted octanol–water partition coefficient (Wildman–Crippen LogP) is 0.933. The van der Waals surface area contributed by atoms with E-state index in [1.54, 1.807) is 0 Å². The van der Waals surface area contributed by atoms with E-state index >= 15 is 0 Å². The molecule has 0 aliphatic heterocycles. The van der Waals surface area contributed by atoms with E-state index in [9.17, 15) is 19.2 Å². The molecule has 118 valence electrons. The molecule has 2 amide bonds. The molecular weight excluding hydrogens is 292 g/mol. The van der Waals surface area contributed by atoms with Gasteiger partial charge in [0, 0.05) is 25.2 Å². The number of hydrogen-bond acceptors (Lipinski definition) is 6. The molecule has 0 spiro atoms. The lowest BCUT2D eigenvalue weighted by molar-refractivity contribution is -0.144. The van der Waals surface area contributed by atoms with Crippen molar-refractivity contribution >= 4 is 35.1 Å². The van der Waals surface area contributed by atoms with Crippen LogP contribution >= 0.6 is 0 Å². The van der Waals surface area contributed by atoms with Crippen LogP contribution in [-0.4, -0.2) is 37.5 Å². The Labute approximate surface area is 126 Å². The molecule has 0 bridgehead atoms. The molecule has 1 aromatic carbocycles. The van der Waals surface area contributed by atoms with E-state index in [0.717, 1.165) is 0 Å². The summed E-state index contributed by atoms with van der Waals surface area (Å²) < 4.78 is 9.12. The molecule has 0 fully saturated rings. The van der Waals surface area contributed by atoms with Crippen molar-refractivity contribution in [3.63, 3.8) is 0 Å². The maximum Gasteiger partial charge on any atom is 0.344 e. The summed E-state index contributed by atoms with van der Waals surface area (Å²) in [4.78, 5) is 45.1. The zero-order valence-electron chi connectivity index (χ0n) is 12.4. The van der Waals surface area contributed by atoms with Crippen LogP contribution in [0.3, 0.4) is 0 Å². The molecule has 0 unspecified atom stereocenters. The van der Waals surface area contributed by atoms with E-state index in [0.29, 0.717) is 11.4 Å². The van der Waals surface area contributed by atoms with Gasteiger partial charge in [-0.15, -0.1) is 0 Å². The maximum atomic E-state index is 11.9. The first-order valence-electron chi connectivity index (χ1n) is 6.26. The van der Waals surface area contributed by atoms with Gasteiger partial charge in [-0.25, -0.2) is 9.59 Å². The summed E-state index contributed by atoms with van der Waals surface area (Å²) in [6.45, 7) is 2.08. The fourth-order valence-corrected chi connectivity index (χ4v) is 1.56. The number of nitrogens with one attached hydrogen (secondary N) is 2. The molecule has 0 aliphatic carbocycles. The number of esters is 2. The Morgan fingerprint density at radius 1 is 0.955 bits per heavy atom. The van der Waals surface area contributed by atoms with E-state index < -0.39 is 18.5 Å². The fraction of sp³-hybridized carbons (Fsp3) is 0.286. The Balaban J connectivity index is 3.00. The van der Waals surface area contributed by atoms with Gasteiger partial charge < -0.3 is 20.1 Å². The third-order valence-corrected chi connectivity index (χ3v) is 2.36. The SMILES string of the molecule is COC(=O)COC(=O)c1cc(NC(C)=O)cc(NC(C)=O)c1. The van der Waals surface area contributed by atoms with Crippen LogP contribution in [-0.2, 0) is 23.9 Å². The Morgan fingerprint density at radius 3 is 1.86 bits per heavy atom. The van der Waals surface area contributed by atoms with Crippen molar-refractivity contribution in [2.24, 2.45) is 0 Å². The number of hydrogen-bond donors (Lipinski definition) is 2. The van der Waals surface area contributed by atoms with Crippen molar-refractivity contribution in [1.29, 1.82) is 0 Å². The fourth-order valence-electron chi connectivity index (χ4n) is 1.56. The Hall–Kier alpha value is -2.90. The van der Waals surface area contributed by atoms with E-state index in [1.165, 1.54) is 39.2 Å². The lowest BCUT2D eigenvalue weighted by atomic mass is 10.1. The van der Waals surface area contributed by atoms with Gasteiger partial charge in [0.15, 0.2) is 6.61 Å². The second kappa shape index (κ2) is 7.77. The molecule has 0 saturated carbocycles. The zero-order chi connectivity index (χ0) is 16.7. The molecule has 0 radical (unpaired) electrons. The molecule has 22 heavy (non-hydrogen) atoms. The summed E-state index contributed by atoms with van der Waals surface area (Å²) >= 11 is 0. The maximum absolute atomic E-state index is 11.9. The molecule has 0 heterocycles. The number of rotatable bonds is 5. The Kier molecular flexibility index (Phi) is 6.06. The average molecular weight is 308 g/mol. The number of ether oxygens (including phenoxy) is 2. The molecule has 1 rings (SSSR count). The molecule has 2 N–H and O–H groups in total. The van der Waals surface area contributed by atoms with Crippen LogP contribution in [0.25, 0.3) is 0 Å². The van der Waals surface area contributed by atoms with Crippen LogP contribution in [0.4, 0.5) is 11.4 Å². The third kappa shape index (κ3) is 5.61. The van der Waals surface area contributed by atoms with Crippen LogP contribution in [0, 0.1) is 0 Å². The van der Waals surface area contributed by atoms with Gasteiger partial charge >= 0.3 is 11.9 Å². The largest absolute Gasteiger partial charge is 0.466 e. The molecule has 0 aliphatic rings. The number of carbonyl (C=O) groups excluding carboxylic acids is 4. The van der Waals surface area contributed by atoms with E-state index in [-0.39, 0.29) is 17.4 Å². The number of methoxy groups -OCH3 is 1. The van der Waals surface area contributed by atoms with Gasteiger partial charge in [-0.1, -0.05) is 0 Å². The highest BCUT2D eigenvalue weighted by molar-refractivity contribution is 5.98. The minimum absolute atomic E-state index is 0.0684. The molecule has 0 saturated heterocycles. The van der Waals surface area contributed by atoms with Gasteiger partial charge in [0.2, 0.25) is 11.8 Å². The highest BCUT2D eigenvalue weighted by Gasteiger charge is 2.13. The van der Waals surface area contributed by atoms with Crippen LogP contribution in [0.2, 0.25) is 0 Å². The smallest absolute Gasteiger partial charge is 0.344 e. The Bertz CT molecular complexity index is 577. The van der Waals surface area contributed by atoms with Gasteiger partial charge in [-0.2, -0.15) is 0 Å². The molecule has 0 atom stereocenters. The lowest BCUT2D eigenvalue weighted by Gasteiger charge is -2.10. The van der Waals surface area contributed by atoms with Crippen molar-refractivity contribution in [2.75, 3.05) is 24.4 Å². The van der Waals surface area contributed by atoms with Crippen molar-refractivity contribution in [2.45, 2.75) is 13.8 Å².